The summed E-state index contributed by atoms with van der Waals surface area (Å²) >= 11 is 0. The van der Waals surface area contributed by atoms with Gasteiger partial charge in [-0.3, -0.25) is 0 Å². The third-order valence-corrected chi connectivity index (χ3v) is 2.54. The Bertz CT molecular complexity index is 576. The van der Waals surface area contributed by atoms with E-state index in [0.717, 1.165) is 0 Å². The zero-order chi connectivity index (χ0) is 13.8. The first-order valence-corrected chi connectivity index (χ1v) is 5.45. The molecule has 0 fully saturated rings. The highest BCUT2D eigenvalue weighted by atomic mass is 16.6. The van der Waals surface area contributed by atoms with Crippen molar-refractivity contribution in [1.29, 1.82) is 0 Å². The van der Waals surface area contributed by atoms with E-state index < -0.39 is 5.97 Å². The van der Waals surface area contributed by atoms with Crippen molar-refractivity contribution in [3.63, 3.8) is 0 Å². The smallest absolute Gasteiger partial charge is 0.360 e. The number of aryl methyl sites for hydroxylation is 1. The summed E-state index contributed by atoms with van der Waals surface area (Å²) in [6.07, 6.45) is 0. The van der Waals surface area contributed by atoms with Gasteiger partial charge in [-0.2, -0.15) is 0 Å². The number of methoxy groups -OCH3 is 2. The third kappa shape index (κ3) is 2.60. The first-order valence-electron chi connectivity index (χ1n) is 5.45. The van der Waals surface area contributed by atoms with Gasteiger partial charge in [-0.25, -0.2) is 14.1 Å². The fourth-order valence-corrected chi connectivity index (χ4v) is 1.53. The molecule has 0 aliphatic carbocycles. The van der Waals surface area contributed by atoms with E-state index in [1.54, 1.807) is 6.92 Å². The van der Waals surface area contributed by atoms with Gasteiger partial charge >= 0.3 is 5.97 Å². The number of rotatable bonds is 5. The molecule has 0 radical (unpaired) electrons. The van der Waals surface area contributed by atoms with Crippen LogP contribution in [0.25, 0.3) is 0 Å². The molecule has 0 bridgehead atoms. The molecular formula is C10H13N5O4. The minimum absolute atomic E-state index is 0.124. The van der Waals surface area contributed by atoms with Crippen molar-refractivity contribution in [2.24, 2.45) is 0 Å². The summed E-state index contributed by atoms with van der Waals surface area (Å²) in [6.45, 7) is 2.24. The normalized spacial score (nSPS) is 10.7. The second-order valence-corrected chi connectivity index (χ2v) is 3.76. The minimum Gasteiger partial charge on any atom is -0.464 e. The van der Waals surface area contributed by atoms with Gasteiger partial charge in [0.2, 0.25) is 0 Å². The predicted molar refractivity (Wildman–Crippen MR) is 60.2 cm³/mol. The van der Waals surface area contributed by atoms with E-state index in [0.29, 0.717) is 17.1 Å². The van der Waals surface area contributed by atoms with Gasteiger partial charge in [-0.05, 0) is 6.92 Å². The van der Waals surface area contributed by atoms with Crippen LogP contribution in [0.15, 0.2) is 4.63 Å². The molecule has 0 aliphatic heterocycles. The van der Waals surface area contributed by atoms with Gasteiger partial charge in [-0.1, -0.05) is 15.5 Å². The average molecular weight is 267 g/mol. The molecule has 0 aliphatic rings. The van der Waals surface area contributed by atoms with E-state index in [1.807, 2.05) is 0 Å². The molecule has 2 heterocycles. The monoisotopic (exact) mass is 267 g/mol. The first kappa shape index (κ1) is 13.1. The zero-order valence-corrected chi connectivity index (χ0v) is 10.8. The molecule has 2 aromatic heterocycles. The number of carbonyl (C=O) groups excluding carboxylic acids is 1. The van der Waals surface area contributed by atoms with E-state index in [1.165, 1.54) is 18.9 Å². The number of aromatic nitrogens is 5. The Balaban J connectivity index is 2.32. The van der Waals surface area contributed by atoms with E-state index >= 15 is 0 Å². The Labute approximate surface area is 108 Å². The van der Waals surface area contributed by atoms with Gasteiger partial charge in [-0.15, -0.1) is 5.10 Å². The highest BCUT2D eigenvalue weighted by Crippen LogP contribution is 2.11. The molecule has 19 heavy (non-hydrogen) atoms. The summed E-state index contributed by atoms with van der Waals surface area (Å²) in [5.74, 6) is -0.562. The summed E-state index contributed by atoms with van der Waals surface area (Å²) in [7, 11) is 2.80. The standard InChI is InChI=1S/C10H13N5O4/c1-6-7(13-19-12-6)4-15-8(5-17-2)9(11-14-15)10(16)18-3/h4-5H2,1-3H3. The lowest BCUT2D eigenvalue weighted by atomic mass is 10.3. The Morgan fingerprint density at radius 1 is 1.37 bits per heavy atom. The van der Waals surface area contributed by atoms with Crippen LogP contribution >= 0.6 is 0 Å². The second-order valence-electron chi connectivity index (χ2n) is 3.76. The maximum absolute atomic E-state index is 11.6. The van der Waals surface area contributed by atoms with E-state index in [2.05, 4.69) is 30.0 Å². The van der Waals surface area contributed by atoms with Crippen molar-refractivity contribution < 1.29 is 18.9 Å². The van der Waals surface area contributed by atoms with Gasteiger partial charge in [0.25, 0.3) is 0 Å². The van der Waals surface area contributed by atoms with Crippen LogP contribution in [0.2, 0.25) is 0 Å². The Morgan fingerprint density at radius 3 is 2.74 bits per heavy atom. The summed E-state index contributed by atoms with van der Waals surface area (Å²) in [6, 6.07) is 0. The third-order valence-electron chi connectivity index (χ3n) is 2.54. The lowest BCUT2D eigenvalue weighted by molar-refractivity contribution is 0.0588. The maximum Gasteiger partial charge on any atom is 0.360 e. The number of hydrogen-bond donors (Lipinski definition) is 0. The highest BCUT2D eigenvalue weighted by molar-refractivity contribution is 5.88. The van der Waals surface area contributed by atoms with Crippen molar-refractivity contribution in [2.45, 2.75) is 20.1 Å². The topological polar surface area (TPSA) is 105 Å². The molecule has 102 valence electrons. The van der Waals surface area contributed by atoms with Crippen LogP contribution in [0.5, 0.6) is 0 Å². The summed E-state index contributed by atoms with van der Waals surface area (Å²) in [5.41, 5.74) is 1.90. The molecule has 0 aromatic carbocycles. The van der Waals surface area contributed by atoms with Gasteiger partial charge in [0.15, 0.2) is 5.69 Å². The number of nitrogens with zero attached hydrogens (tertiary/aromatic N) is 5. The van der Waals surface area contributed by atoms with E-state index in [-0.39, 0.29) is 18.8 Å². The number of carbonyl (C=O) groups is 1. The Morgan fingerprint density at radius 2 is 2.16 bits per heavy atom. The van der Waals surface area contributed by atoms with E-state index in [4.69, 9.17) is 4.74 Å². The number of hydrogen-bond acceptors (Lipinski definition) is 8. The van der Waals surface area contributed by atoms with Crippen LogP contribution < -0.4 is 0 Å². The average Bonchev–Trinajstić information content (AvgIpc) is 2.98. The van der Waals surface area contributed by atoms with Crippen molar-refractivity contribution in [1.82, 2.24) is 25.3 Å². The lowest BCUT2D eigenvalue weighted by Crippen LogP contribution is -2.12. The lowest BCUT2D eigenvalue weighted by Gasteiger charge is -2.04. The maximum atomic E-state index is 11.6. The summed E-state index contributed by atoms with van der Waals surface area (Å²) in [4.78, 5) is 11.6. The van der Waals surface area contributed by atoms with Crippen molar-refractivity contribution >= 4 is 5.97 Å². The van der Waals surface area contributed by atoms with Crippen LogP contribution in [0.4, 0.5) is 0 Å². The molecule has 0 N–H and O–H groups in total. The minimum atomic E-state index is -0.562. The van der Waals surface area contributed by atoms with E-state index in [9.17, 15) is 4.79 Å². The van der Waals surface area contributed by atoms with Gasteiger partial charge in [0.05, 0.1) is 26.0 Å². The molecule has 0 saturated carbocycles. The van der Waals surface area contributed by atoms with Gasteiger partial charge in [0.1, 0.15) is 11.4 Å². The molecule has 0 saturated heterocycles. The van der Waals surface area contributed by atoms with Gasteiger partial charge < -0.3 is 9.47 Å². The van der Waals surface area contributed by atoms with Crippen LogP contribution in [-0.4, -0.2) is 45.5 Å². The SMILES string of the molecule is COCc1c(C(=O)OC)nnn1Cc1nonc1C. The second kappa shape index (κ2) is 5.57. The van der Waals surface area contributed by atoms with Crippen molar-refractivity contribution in [3.05, 3.63) is 22.8 Å². The summed E-state index contributed by atoms with van der Waals surface area (Å²) < 4.78 is 15.8. The van der Waals surface area contributed by atoms with Crippen LogP contribution in [-0.2, 0) is 22.6 Å². The Hall–Kier alpha value is -2.29. The molecule has 0 unspecified atom stereocenters. The highest BCUT2D eigenvalue weighted by Gasteiger charge is 2.21. The quantitative estimate of drug-likeness (QED) is 0.694. The zero-order valence-electron chi connectivity index (χ0n) is 10.8. The van der Waals surface area contributed by atoms with Crippen LogP contribution in [0.1, 0.15) is 27.6 Å². The summed E-state index contributed by atoms with van der Waals surface area (Å²) in [5, 5.41) is 15.1. The molecule has 0 atom stereocenters. The van der Waals surface area contributed by atoms with Crippen LogP contribution in [0, 0.1) is 6.92 Å². The Kier molecular flexibility index (Phi) is 3.85. The van der Waals surface area contributed by atoms with Crippen LogP contribution in [0.3, 0.4) is 0 Å². The fourth-order valence-electron chi connectivity index (χ4n) is 1.53. The first-order chi connectivity index (χ1) is 9.17. The molecule has 2 rings (SSSR count). The van der Waals surface area contributed by atoms with Gasteiger partial charge in [0, 0.05) is 7.11 Å². The molecule has 9 nitrogen and oxygen atoms in total. The predicted octanol–water partition coefficient (Wildman–Crippen LogP) is -0.0492. The fraction of sp³-hybridized carbons (Fsp3) is 0.500. The molecular weight excluding hydrogens is 254 g/mol. The largest absolute Gasteiger partial charge is 0.464 e. The number of ether oxygens (including phenoxy) is 2. The molecule has 9 heteroatoms. The molecule has 0 spiro atoms. The molecule has 2 aromatic rings. The number of esters is 1. The molecule has 0 amide bonds. The van der Waals surface area contributed by atoms with Crippen molar-refractivity contribution in [3.8, 4) is 0 Å². The van der Waals surface area contributed by atoms with Crippen molar-refractivity contribution in [2.75, 3.05) is 14.2 Å².